The van der Waals surface area contributed by atoms with Crippen LogP contribution in [0.15, 0.2) is 35.2 Å². The lowest BCUT2D eigenvalue weighted by Gasteiger charge is -2.18. The second-order valence-electron chi connectivity index (χ2n) is 3.39. The van der Waals surface area contributed by atoms with Crippen molar-refractivity contribution in [1.29, 1.82) is 0 Å². The zero-order chi connectivity index (χ0) is 12.2. The molecule has 1 rings (SSSR count). The van der Waals surface area contributed by atoms with Crippen LogP contribution in [-0.4, -0.2) is 20.8 Å². The van der Waals surface area contributed by atoms with Gasteiger partial charge >= 0.3 is 6.72 Å². The Morgan fingerprint density at radius 3 is 2.25 bits per heavy atom. The van der Waals surface area contributed by atoms with Crippen LogP contribution in [0.4, 0.5) is 0 Å². The van der Waals surface area contributed by atoms with E-state index in [1.165, 1.54) is 0 Å². The highest BCUT2D eigenvalue weighted by Crippen LogP contribution is 2.41. The van der Waals surface area contributed by atoms with E-state index in [1.54, 1.807) is 24.3 Å². The molecule has 2 unspecified atom stereocenters. The molecular formula is C10H17O4PS. The van der Waals surface area contributed by atoms with Crippen molar-refractivity contribution in [2.45, 2.75) is 31.3 Å². The third-order valence-corrected chi connectivity index (χ3v) is 5.85. The molecule has 0 aliphatic heterocycles. The Balaban J connectivity index is 3.10. The largest absolute Gasteiger partial charge is 0.327 e. The first-order valence-electron chi connectivity index (χ1n) is 4.99. The fourth-order valence-electron chi connectivity index (χ4n) is 1.02. The van der Waals surface area contributed by atoms with Crippen molar-refractivity contribution >= 4 is 17.1 Å². The van der Waals surface area contributed by atoms with Gasteiger partial charge in [-0.15, -0.1) is 0 Å². The summed E-state index contributed by atoms with van der Waals surface area (Å²) in [6, 6.07) is 8.78. The molecule has 0 spiro atoms. The van der Waals surface area contributed by atoms with E-state index in [2.05, 4.69) is 0 Å². The summed E-state index contributed by atoms with van der Waals surface area (Å²) in [5.41, 5.74) is 0. The molecule has 2 atom stereocenters. The Hall–Kier alpha value is -0.160. The van der Waals surface area contributed by atoms with Gasteiger partial charge in [-0.1, -0.05) is 25.1 Å². The van der Waals surface area contributed by atoms with E-state index < -0.39 is 17.1 Å². The highest BCUT2D eigenvalue weighted by molar-refractivity contribution is 8.24. The summed E-state index contributed by atoms with van der Waals surface area (Å²) in [5.74, 6) is 0. The first-order chi connectivity index (χ1) is 7.45. The van der Waals surface area contributed by atoms with Gasteiger partial charge in [0.2, 0.25) is 0 Å². The van der Waals surface area contributed by atoms with E-state index in [4.69, 9.17) is 4.18 Å². The molecule has 1 aromatic carbocycles. The van der Waals surface area contributed by atoms with Gasteiger partial charge in [-0.2, -0.15) is 0 Å². The van der Waals surface area contributed by atoms with E-state index in [0.29, 0.717) is 4.90 Å². The maximum absolute atomic E-state index is 9.38. The maximum atomic E-state index is 9.38. The third kappa shape index (κ3) is 4.01. The fourth-order valence-corrected chi connectivity index (χ4v) is 4.36. The van der Waals surface area contributed by atoms with Crippen molar-refractivity contribution in [2.24, 2.45) is 0 Å². The van der Waals surface area contributed by atoms with Crippen molar-refractivity contribution in [1.82, 2.24) is 0 Å². The molecule has 3 N–H and O–H groups in total. The van der Waals surface area contributed by atoms with Gasteiger partial charge in [0.15, 0.2) is 0 Å². The second kappa shape index (κ2) is 5.96. The normalized spacial score (nSPS) is 15.8. The summed E-state index contributed by atoms with van der Waals surface area (Å²) in [4.78, 5) is 28.8. The Morgan fingerprint density at radius 2 is 1.81 bits per heavy atom. The Kier molecular flexibility index (Phi) is 5.18. The predicted octanol–water partition coefficient (Wildman–Crippen LogP) is 2.05. The van der Waals surface area contributed by atoms with Crippen LogP contribution in [0.25, 0.3) is 0 Å². The fraction of sp³-hybridized carbons (Fsp3) is 0.400. The van der Waals surface area contributed by atoms with Crippen LogP contribution in [0.5, 0.6) is 0 Å². The SMILES string of the molecule is CCC(C)OS(c1ccccc1)=P(O)(O)O. The van der Waals surface area contributed by atoms with Gasteiger partial charge in [0, 0.05) is 15.2 Å². The van der Waals surface area contributed by atoms with Crippen molar-refractivity contribution in [3.05, 3.63) is 30.3 Å². The number of hydrogen-bond acceptors (Lipinski definition) is 1. The number of hydrogen-bond donors (Lipinski definition) is 3. The lowest BCUT2D eigenvalue weighted by molar-refractivity contribution is 0.251. The van der Waals surface area contributed by atoms with Crippen molar-refractivity contribution < 1.29 is 18.9 Å². The monoisotopic (exact) mass is 264 g/mol. The van der Waals surface area contributed by atoms with E-state index in [1.807, 2.05) is 19.9 Å². The minimum atomic E-state index is -4.01. The van der Waals surface area contributed by atoms with Crippen molar-refractivity contribution in [2.75, 3.05) is 0 Å². The highest BCUT2D eigenvalue weighted by Gasteiger charge is 2.18. The molecule has 0 bridgehead atoms. The Bertz CT molecular complexity index is 379. The van der Waals surface area contributed by atoms with Gasteiger partial charge in [0.25, 0.3) is 0 Å². The smallest absolute Gasteiger partial charge is 0.306 e. The van der Waals surface area contributed by atoms with Gasteiger partial charge in [-0.05, 0) is 25.5 Å². The predicted molar refractivity (Wildman–Crippen MR) is 66.5 cm³/mol. The molecular weight excluding hydrogens is 247 g/mol. The lowest BCUT2D eigenvalue weighted by atomic mass is 10.3. The van der Waals surface area contributed by atoms with Crippen molar-refractivity contribution in [3.8, 4) is 0 Å². The molecule has 4 nitrogen and oxygen atoms in total. The van der Waals surface area contributed by atoms with Crippen LogP contribution in [0.3, 0.4) is 0 Å². The summed E-state index contributed by atoms with van der Waals surface area (Å²) in [6.07, 6.45) is 0.616. The van der Waals surface area contributed by atoms with Crippen LogP contribution in [-0.2, 0) is 14.5 Å². The summed E-state index contributed by atoms with van der Waals surface area (Å²) in [7, 11) is -1.36. The van der Waals surface area contributed by atoms with E-state index >= 15 is 0 Å². The summed E-state index contributed by atoms with van der Waals surface area (Å²) < 4.78 is 5.48. The molecule has 1 aromatic rings. The molecule has 0 fully saturated rings. The summed E-state index contributed by atoms with van der Waals surface area (Å²) in [6.45, 7) is -0.243. The molecule has 92 valence electrons. The quantitative estimate of drug-likeness (QED) is 0.728. The van der Waals surface area contributed by atoms with E-state index in [-0.39, 0.29) is 6.10 Å². The zero-order valence-corrected chi connectivity index (χ0v) is 11.0. The van der Waals surface area contributed by atoms with Crippen LogP contribution in [0, 0.1) is 0 Å². The van der Waals surface area contributed by atoms with Gasteiger partial charge < -0.3 is 18.9 Å². The lowest BCUT2D eigenvalue weighted by Crippen LogP contribution is -2.10. The van der Waals surface area contributed by atoms with Crippen molar-refractivity contribution in [3.63, 3.8) is 0 Å². The van der Waals surface area contributed by atoms with Gasteiger partial charge in [0.05, 0.1) is 6.10 Å². The molecule has 0 aliphatic rings. The topological polar surface area (TPSA) is 69.9 Å². The first kappa shape index (κ1) is 13.9. The number of rotatable bonds is 4. The average Bonchev–Trinajstić information content (AvgIpc) is 2.25. The Labute approximate surface area is 97.9 Å². The van der Waals surface area contributed by atoms with Gasteiger partial charge in [-0.25, -0.2) is 0 Å². The molecule has 0 radical (unpaired) electrons. The highest BCUT2D eigenvalue weighted by atomic mass is 32.5. The van der Waals surface area contributed by atoms with E-state index in [9.17, 15) is 14.7 Å². The minimum absolute atomic E-state index is 0.130. The molecule has 16 heavy (non-hydrogen) atoms. The molecule has 0 aliphatic carbocycles. The van der Waals surface area contributed by atoms with Crippen LogP contribution in [0.2, 0.25) is 0 Å². The summed E-state index contributed by atoms with van der Waals surface area (Å²) >= 11 is 0. The molecule has 0 heterocycles. The molecule has 0 amide bonds. The second-order valence-corrected chi connectivity index (χ2v) is 8.04. The first-order valence-corrected chi connectivity index (χ1v) is 8.39. The van der Waals surface area contributed by atoms with Gasteiger partial charge in [0.1, 0.15) is 0 Å². The van der Waals surface area contributed by atoms with E-state index in [0.717, 1.165) is 6.42 Å². The van der Waals surface area contributed by atoms with Crippen LogP contribution < -0.4 is 0 Å². The molecule has 0 saturated carbocycles. The van der Waals surface area contributed by atoms with Crippen LogP contribution in [0.1, 0.15) is 20.3 Å². The van der Waals surface area contributed by atoms with Crippen LogP contribution >= 0.6 is 6.72 Å². The zero-order valence-electron chi connectivity index (χ0n) is 9.28. The number of benzene rings is 1. The molecule has 0 aromatic heterocycles. The van der Waals surface area contributed by atoms with Gasteiger partial charge in [-0.3, -0.25) is 0 Å². The molecule has 0 saturated heterocycles. The third-order valence-electron chi connectivity index (χ3n) is 2.00. The summed E-state index contributed by atoms with van der Waals surface area (Å²) in [5, 5.41) is 0. The Morgan fingerprint density at radius 1 is 1.25 bits per heavy atom. The minimum Gasteiger partial charge on any atom is -0.327 e. The standard InChI is InChI=1S/C10H17O4PS/c1-3-9(2)14-16(15(11,12)13)10-7-5-4-6-8-10/h4-9,11-13H,3H2,1-2H3. The molecule has 6 heteroatoms. The average molecular weight is 264 g/mol. The maximum Gasteiger partial charge on any atom is 0.306 e.